The van der Waals surface area contributed by atoms with Crippen LogP contribution in [0.1, 0.15) is 67.3 Å². The van der Waals surface area contributed by atoms with Crippen molar-refractivity contribution in [1.29, 1.82) is 0 Å². The summed E-state index contributed by atoms with van der Waals surface area (Å²) in [6.45, 7) is 3.12. The molecule has 0 atom stereocenters. The summed E-state index contributed by atoms with van der Waals surface area (Å²) >= 11 is 0. The maximum atomic E-state index is 13.1. The van der Waals surface area contributed by atoms with Gasteiger partial charge in [0.15, 0.2) is 0 Å². The lowest BCUT2D eigenvalue weighted by atomic mass is 9.82. The van der Waals surface area contributed by atoms with Gasteiger partial charge in [-0.1, -0.05) is 18.7 Å². The monoisotopic (exact) mass is 377 g/mol. The molecule has 0 bridgehead atoms. The van der Waals surface area contributed by atoms with Gasteiger partial charge in [-0.15, -0.1) is 0 Å². The zero-order valence-corrected chi connectivity index (χ0v) is 15.5. The van der Waals surface area contributed by atoms with Gasteiger partial charge in [-0.05, 0) is 80.9 Å². The van der Waals surface area contributed by atoms with Crippen LogP contribution in [0.4, 0.5) is 13.2 Å². The molecule has 0 aromatic heterocycles. The Morgan fingerprint density at radius 3 is 1.63 bits per heavy atom. The molecule has 3 saturated carbocycles. The summed E-state index contributed by atoms with van der Waals surface area (Å²) in [5, 5.41) is 0. The average Bonchev–Trinajstić information content (AvgIpc) is 3.54. The molecule has 5 heteroatoms. The summed E-state index contributed by atoms with van der Waals surface area (Å²) in [5.74, 6) is 1.73. The second kappa shape index (κ2) is 6.99. The zero-order valence-electron chi connectivity index (χ0n) is 15.5. The second-order valence-electron chi connectivity index (χ2n) is 8.40. The predicted molar refractivity (Wildman–Crippen MR) is 99.2 cm³/mol. The molecule has 0 saturated heterocycles. The second-order valence-corrected chi connectivity index (χ2v) is 8.40. The maximum absolute atomic E-state index is 13.1. The van der Waals surface area contributed by atoms with E-state index in [1.807, 2.05) is 4.90 Å². The Balaban J connectivity index is 1.45. The van der Waals surface area contributed by atoms with Crippen molar-refractivity contribution >= 4 is 11.5 Å². The van der Waals surface area contributed by atoms with E-state index in [4.69, 9.17) is 0 Å². The molecule has 3 fully saturated rings. The molecule has 146 valence electrons. The highest BCUT2D eigenvalue weighted by Crippen LogP contribution is 2.45. The summed E-state index contributed by atoms with van der Waals surface area (Å²) in [6, 6.07) is 6.34. The number of benzene rings is 1. The Morgan fingerprint density at radius 1 is 0.815 bits per heavy atom. The minimum absolute atomic E-state index is 0.0157. The molecule has 4 rings (SSSR count). The number of halogens is 3. The molecule has 0 unspecified atom stereocenters. The Hall–Kier alpha value is -1.78. The van der Waals surface area contributed by atoms with Gasteiger partial charge in [-0.2, -0.15) is 13.2 Å². The molecule has 1 aromatic rings. The lowest BCUT2D eigenvalue weighted by Crippen LogP contribution is -2.44. The van der Waals surface area contributed by atoms with Crippen LogP contribution in [0, 0.1) is 11.8 Å². The molecule has 0 heterocycles. The lowest BCUT2D eigenvalue weighted by Gasteiger charge is -2.37. The van der Waals surface area contributed by atoms with Crippen LogP contribution in [-0.2, 0) is 0 Å². The summed E-state index contributed by atoms with van der Waals surface area (Å²) in [4.78, 5) is 15.2. The van der Waals surface area contributed by atoms with Crippen molar-refractivity contribution in [3.05, 3.63) is 42.0 Å². The maximum Gasteiger partial charge on any atom is 0.416 e. The van der Waals surface area contributed by atoms with Gasteiger partial charge in [0.2, 0.25) is 0 Å². The number of alkyl halides is 3. The third-order valence-corrected chi connectivity index (χ3v) is 6.42. The van der Waals surface area contributed by atoms with E-state index in [9.17, 15) is 18.0 Å². The first-order valence-corrected chi connectivity index (χ1v) is 10.0. The molecule has 3 aliphatic rings. The summed E-state index contributed by atoms with van der Waals surface area (Å²) < 4.78 is 38.4. The summed E-state index contributed by atoms with van der Waals surface area (Å²) in [5.41, 5.74) is -0.383. The zero-order chi connectivity index (χ0) is 19.2. The van der Waals surface area contributed by atoms with E-state index in [0.717, 1.165) is 37.5 Å². The van der Waals surface area contributed by atoms with E-state index >= 15 is 0 Å². The molecule has 0 spiro atoms. The number of rotatable bonds is 5. The fraction of sp³-hybridized carbons (Fsp3) is 0.591. The minimum atomic E-state index is -4.45. The number of allylic oxidation sites excluding steroid dienone is 1. The van der Waals surface area contributed by atoms with Gasteiger partial charge in [0, 0.05) is 17.6 Å². The van der Waals surface area contributed by atoms with Crippen molar-refractivity contribution < 1.29 is 18.0 Å². The van der Waals surface area contributed by atoms with Gasteiger partial charge in [-0.3, -0.25) is 4.79 Å². The van der Waals surface area contributed by atoms with Crippen LogP contribution >= 0.6 is 0 Å². The van der Waals surface area contributed by atoms with Crippen LogP contribution < -0.4 is 0 Å². The number of carbonyl (C=O) groups is 1. The highest BCUT2D eigenvalue weighted by Gasteiger charge is 2.41. The third kappa shape index (κ3) is 4.07. The molecule has 0 aliphatic heterocycles. The van der Waals surface area contributed by atoms with Crippen LogP contribution in [0.15, 0.2) is 30.8 Å². The van der Waals surface area contributed by atoms with Crippen LogP contribution in [0.5, 0.6) is 0 Å². The van der Waals surface area contributed by atoms with Crippen molar-refractivity contribution in [2.24, 2.45) is 11.8 Å². The Morgan fingerprint density at radius 2 is 1.22 bits per heavy atom. The van der Waals surface area contributed by atoms with Crippen molar-refractivity contribution in [2.45, 2.75) is 69.6 Å². The van der Waals surface area contributed by atoms with Gasteiger partial charge in [0.25, 0.3) is 5.91 Å². The van der Waals surface area contributed by atoms with Gasteiger partial charge >= 0.3 is 6.18 Å². The number of carbonyl (C=O) groups excluding carboxylic acids is 1. The Labute approximate surface area is 158 Å². The topological polar surface area (TPSA) is 20.3 Å². The molecule has 3 aliphatic carbocycles. The van der Waals surface area contributed by atoms with E-state index < -0.39 is 11.7 Å². The highest BCUT2D eigenvalue weighted by atomic mass is 19.4. The predicted octanol–water partition coefficient (Wildman–Crippen LogP) is 5.84. The number of hydrogen-bond acceptors (Lipinski definition) is 1. The van der Waals surface area contributed by atoms with Crippen LogP contribution in [0.2, 0.25) is 0 Å². The lowest BCUT2D eigenvalue weighted by molar-refractivity contribution is -0.0686. The van der Waals surface area contributed by atoms with Gasteiger partial charge in [0.1, 0.15) is 0 Å². The SMILES string of the molecule is C=C(c1ccc(C(=O)N(C2CCC(C3CC3)CC2)C2CC2)cc1)C(F)(F)F. The van der Waals surface area contributed by atoms with E-state index in [-0.39, 0.29) is 17.5 Å². The van der Waals surface area contributed by atoms with Crippen molar-refractivity contribution in [2.75, 3.05) is 0 Å². The largest absolute Gasteiger partial charge is 0.416 e. The van der Waals surface area contributed by atoms with E-state index in [2.05, 4.69) is 6.58 Å². The number of nitrogens with zero attached hydrogens (tertiary/aromatic N) is 1. The number of amides is 1. The normalized spacial score (nSPS) is 25.9. The first kappa shape index (κ1) is 18.6. The molecule has 27 heavy (non-hydrogen) atoms. The molecular weight excluding hydrogens is 351 g/mol. The molecule has 1 amide bonds. The molecule has 0 N–H and O–H groups in total. The van der Waals surface area contributed by atoms with Crippen molar-refractivity contribution in [3.63, 3.8) is 0 Å². The number of hydrogen-bond donors (Lipinski definition) is 0. The molecule has 0 radical (unpaired) electrons. The first-order valence-electron chi connectivity index (χ1n) is 10.0. The molecule has 2 nitrogen and oxygen atoms in total. The highest BCUT2D eigenvalue weighted by molar-refractivity contribution is 5.95. The Kier molecular flexibility index (Phi) is 4.81. The molecular formula is C22H26F3NO. The van der Waals surface area contributed by atoms with E-state index in [1.165, 1.54) is 49.9 Å². The average molecular weight is 377 g/mol. The van der Waals surface area contributed by atoms with Gasteiger partial charge in [-0.25, -0.2) is 0 Å². The van der Waals surface area contributed by atoms with Gasteiger partial charge in [0.05, 0.1) is 5.57 Å². The summed E-state index contributed by atoms with van der Waals surface area (Å²) in [7, 11) is 0. The molecule has 1 aromatic carbocycles. The standard InChI is InChI=1S/C22H26F3NO/c1-14(22(23,24)25)15-2-6-18(7-3-15)21(27)26(20-12-13-20)19-10-8-17(9-11-19)16-4-5-16/h2-3,6-7,16-17,19-20H,1,4-5,8-13H2. The van der Waals surface area contributed by atoms with Gasteiger partial charge < -0.3 is 4.90 Å². The smallest absolute Gasteiger partial charge is 0.333 e. The quantitative estimate of drug-likeness (QED) is 0.632. The van der Waals surface area contributed by atoms with E-state index in [1.54, 1.807) is 0 Å². The third-order valence-electron chi connectivity index (χ3n) is 6.42. The van der Waals surface area contributed by atoms with Crippen LogP contribution in [0.25, 0.3) is 5.57 Å². The first-order chi connectivity index (χ1) is 12.8. The van der Waals surface area contributed by atoms with Crippen molar-refractivity contribution in [1.82, 2.24) is 4.90 Å². The van der Waals surface area contributed by atoms with E-state index in [0.29, 0.717) is 11.6 Å². The summed E-state index contributed by atoms with van der Waals surface area (Å²) in [6.07, 6.45) is 4.90. The van der Waals surface area contributed by atoms with Crippen LogP contribution in [0.3, 0.4) is 0 Å². The van der Waals surface area contributed by atoms with Crippen molar-refractivity contribution in [3.8, 4) is 0 Å². The Bertz CT molecular complexity index is 708. The fourth-order valence-electron chi connectivity index (χ4n) is 4.53. The fourth-order valence-corrected chi connectivity index (χ4v) is 4.53. The minimum Gasteiger partial charge on any atom is -0.333 e. The van der Waals surface area contributed by atoms with Crippen LogP contribution in [-0.4, -0.2) is 29.1 Å².